The van der Waals surface area contributed by atoms with Crippen LogP contribution in [0.15, 0.2) is 24.4 Å². The van der Waals surface area contributed by atoms with Crippen LogP contribution in [0, 0.1) is 0 Å². The van der Waals surface area contributed by atoms with E-state index in [1.54, 1.807) is 6.07 Å². The average Bonchev–Trinajstić information content (AvgIpc) is 2.83. The lowest BCUT2D eigenvalue weighted by atomic mass is 9.97. The van der Waals surface area contributed by atoms with Gasteiger partial charge in [0, 0.05) is 35.7 Å². The number of aromatic nitrogens is 1. The Balaban J connectivity index is 1.77. The first-order valence-corrected chi connectivity index (χ1v) is 7.70. The highest BCUT2D eigenvalue weighted by atomic mass is 16.3. The number of benzene rings is 1. The van der Waals surface area contributed by atoms with Crippen LogP contribution in [0.25, 0.3) is 10.9 Å². The number of likely N-dealkylation sites (tertiary alicyclic amines) is 1. The van der Waals surface area contributed by atoms with Crippen molar-refractivity contribution in [2.24, 2.45) is 0 Å². The van der Waals surface area contributed by atoms with Gasteiger partial charge < -0.3 is 10.1 Å². The van der Waals surface area contributed by atoms with E-state index in [1.807, 2.05) is 18.3 Å². The topological polar surface area (TPSA) is 39.3 Å². The molecular formula is C17H24N2O. The summed E-state index contributed by atoms with van der Waals surface area (Å²) in [6.45, 7) is 5.74. The summed E-state index contributed by atoms with van der Waals surface area (Å²) in [6.07, 6.45) is 7.01. The number of phenolic OH excluding ortho intramolecular Hbond substituents is 1. The van der Waals surface area contributed by atoms with Crippen LogP contribution in [0.1, 0.15) is 38.7 Å². The molecule has 20 heavy (non-hydrogen) atoms. The molecular weight excluding hydrogens is 248 g/mol. The fourth-order valence-electron chi connectivity index (χ4n) is 3.60. The number of rotatable bonds is 3. The van der Waals surface area contributed by atoms with Crippen LogP contribution in [-0.2, 0) is 6.42 Å². The minimum Gasteiger partial charge on any atom is -0.507 e. The van der Waals surface area contributed by atoms with Gasteiger partial charge in [0.2, 0.25) is 0 Å². The van der Waals surface area contributed by atoms with Gasteiger partial charge in [-0.25, -0.2) is 0 Å². The van der Waals surface area contributed by atoms with Gasteiger partial charge in [-0.05, 0) is 50.8 Å². The third kappa shape index (κ3) is 2.42. The minimum atomic E-state index is 0.387. The van der Waals surface area contributed by atoms with Crippen molar-refractivity contribution >= 4 is 10.9 Å². The van der Waals surface area contributed by atoms with Crippen molar-refractivity contribution in [3.63, 3.8) is 0 Å². The minimum absolute atomic E-state index is 0.387. The normalized spacial score (nSPS) is 24.3. The molecule has 1 fully saturated rings. The molecule has 1 aliphatic heterocycles. The Labute approximate surface area is 120 Å². The molecule has 0 bridgehead atoms. The van der Waals surface area contributed by atoms with Crippen LogP contribution in [0.3, 0.4) is 0 Å². The molecule has 3 nitrogen and oxygen atoms in total. The van der Waals surface area contributed by atoms with Gasteiger partial charge >= 0.3 is 0 Å². The number of aromatic amines is 1. The van der Waals surface area contributed by atoms with Crippen molar-refractivity contribution in [2.45, 2.75) is 51.6 Å². The molecule has 1 saturated heterocycles. The van der Waals surface area contributed by atoms with Crippen molar-refractivity contribution in [3.05, 3.63) is 30.0 Å². The first-order chi connectivity index (χ1) is 9.66. The second-order valence-corrected chi connectivity index (χ2v) is 6.13. The SMILES string of the molecule is CC1CCCC(C)N1CCc1c[nH]c2cccc(O)c12. The molecule has 3 rings (SSSR count). The molecule has 108 valence electrons. The van der Waals surface area contributed by atoms with Crippen molar-refractivity contribution in [1.82, 2.24) is 9.88 Å². The molecule has 2 aromatic rings. The number of nitrogens with one attached hydrogen (secondary N) is 1. The van der Waals surface area contributed by atoms with Crippen LogP contribution in [0.4, 0.5) is 0 Å². The van der Waals surface area contributed by atoms with Crippen molar-refractivity contribution in [3.8, 4) is 5.75 Å². The van der Waals surface area contributed by atoms with Gasteiger partial charge in [-0.2, -0.15) is 0 Å². The summed E-state index contributed by atoms with van der Waals surface area (Å²) in [4.78, 5) is 5.87. The second-order valence-electron chi connectivity index (χ2n) is 6.13. The molecule has 1 aromatic heterocycles. The summed E-state index contributed by atoms with van der Waals surface area (Å²) >= 11 is 0. The predicted octanol–water partition coefficient (Wildman–Crippen LogP) is 3.68. The summed E-state index contributed by atoms with van der Waals surface area (Å²) in [7, 11) is 0. The summed E-state index contributed by atoms with van der Waals surface area (Å²) in [5.74, 6) is 0.387. The number of hydrogen-bond donors (Lipinski definition) is 2. The molecule has 3 heteroatoms. The maximum absolute atomic E-state index is 10.0. The van der Waals surface area contributed by atoms with Crippen molar-refractivity contribution < 1.29 is 5.11 Å². The number of aromatic hydroxyl groups is 1. The lowest BCUT2D eigenvalue weighted by Gasteiger charge is -2.39. The van der Waals surface area contributed by atoms with E-state index in [1.165, 1.54) is 24.8 Å². The van der Waals surface area contributed by atoms with Crippen LogP contribution in [0.5, 0.6) is 5.75 Å². The van der Waals surface area contributed by atoms with E-state index in [0.29, 0.717) is 17.8 Å². The molecule has 1 aliphatic rings. The Morgan fingerprint density at radius 2 is 2.00 bits per heavy atom. The van der Waals surface area contributed by atoms with E-state index in [0.717, 1.165) is 23.9 Å². The summed E-state index contributed by atoms with van der Waals surface area (Å²) in [6, 6.07) is 7.03. The largest absolute Gasteiger partial charge is 0.507 e. The van der Waals surface area contributed by atoms with Gasteiger partial charge in [0.25, 0.3) is 0 Å². The highest BCUT2D eigenvalue weighted by Gasteiger charge is 2.24. The summed E-state index contributed by atoms with van der Waals surface area (Å²) < 4.78 is 0. The Bertz CT molecular complexity index is 580. The Hall–Kier alpha value is -1.48. The van der Waals surface area contributed by atoms with Crippen LogP contribution < -0.4 is 0 Å². The third-order valence-electron chi connectivity index (χ3n) is 4.78. The number of phenols is 1. The first-order valence-electron chi connectivity index (χ1n) is 7.70. The molecule has 0 aliphatic carbocycles. The standard InChI is InChI=1S/C17H24N2O/c1-12-5-3-6-13(2)19(12)10-9-14-11-18-15-7-4-8-16(20)17(14)15/h4,7-8,11-13,18,20H,3,5-6,9-10H2,1-2H3. The van der Waals surface area contributed by atoms with Crippen molar-refractivity contribution in [1.29, 1.82) is 0 Å². The van der Waals surface area contributed by atoms with Crippen LogP contribution in [-0.4, -0.2) is 33.6 Å². The van der Waals surface area contributed by atoms with Crippen LogP contribution >= 0.6 is 0 Å². The highest BCUT2D eigenvalue weighted by molar-refractivity contribution is 5.88. The Morgan fingerprint density at radius 3 is 2.75 bits per heavy atom. The van der Waals surface area contributed by atoms with Gasteiger partial charge in [0.1, 0.15) is 5.75 Å². The quantitative estimate of drug-likeness (QED) is 0.894. The fraction of sp³-hybridized carbons (Fsp3) is 0.529. The molecule has 2 atom stereocenters. The van der Waals surface area contributed by atoms with Gasteiger partial charge in [0.05, 0.1) is 0 Å². The number of fused-ring (bicyclic) bond motifs is 1. The van der Waals surface area contributed by atoms with Gasteiger partial charge in [-0.1, -0.05) is 12.5 Å². The zero-order valence-electron chi connectivity index (χ0n) is 12.4. The van der Waals surface area contributed by atoms with Gasteiger partial charge in [-0.15, -0.1) is 0 Å². The lowest BCUT2D eigenvalue weighted by molar-refractivity contribution is 0.105. The predicted molar refractivity (Wildman–Crippen MR) is 83.1 cm³/mol. The summed E-state index contributed by atoms with van der Waals surface area (Å²) in [5, 5.41) is 11.0. The fourth-order valence-corrected chi connectivity index (χ4v) is 3.60. The van der Waals surface area contributed by atoms with E-state index < -0.39 is 0 Å². The Morgan fingerprint density at radius 1 is 1.25 bits per heavy atom. The Kier molecular flexibility index (Phi) is 3.70. The second kappa shape index (κ2) is 5.49. The molecule has 1 aromatic carbocycles. The molecule has 2 N–H and O–H groups in total. The van der Waals surface area contributed by atoms with Gasteiger partial charge in [-0.3, -0.25) is 4.90 Å². The number of piperidine rings is 1. The zero-order valence-corrected chi connectivity index (χ0v) is 12.4. The van der Waals surface area contributed by atoms with Crippen LogP contribution in [0.2, 0.25) is 0 Å². The van der Waals surface area contributed by atoms with E-state index in [9.17, 15) is 5.11 Å². The van der Waals surface area contributed by atoms with E-state index in [2.05, 4.69) is 23.7 Å². The molecule has 2 unspecified atom stereocenters. The summed E-state index contributed by atoms with van der Waals surface area (Å²) in [5.41, 5.74) is 2.25. The average molecular weight is 272 g/mol. The monoisotopic (exact) mass is 272 g/mol. The van der Waals surface area contributed by atoms with Gasteiger partial charge in [0.15, 0.2) is 0 Å². The van der Waals surface area contributed by atoms with E-state index in [-0.39, 0.29) is 0 Å². The number of nitrogens with zero attached hydrogens (tertiary/aromatic N) is 1. The van der Waals surface area contributed by atoms with Crippen molar-refractivity contribution in [2.75, 3.05) is 6.54 Å². The maximum atomic E-state index is 10.0. The molecule has 0 radical (unpaired) electrons. The van der Waals surface area contributed by atoms with E-state index >= 15 is 0 Å². The molecule has 2 heterocycles. The number of H-pyrrole nitrogens is 1. The highest BCUT2D eigenvalue weighted by Crippen LogP contribution is 2.29. The molecule has 0 amide bonds. The maximum Gasteiger partial charge on any atom is 0.125 e. The molecule has 0 spiro atoms. The smallest absolute Gasteiger partial charge is 0.125 e. The number of hydrogen-bond acceptors (Lipinski definition) is 2. The zero-order chi connectivity index (χ0) is 14.1. The van der Waals surface area contributed by atoms with E-state index in [4.69, 9.17) is 0 Å². The first kappa shape index (κ1) is 13.5. The lowest BCUT2D eigenvalue weighted by Crippen LogP contribution is -2.44. The third-order valence-corrected chi connectivity index (χ3v) is 4.78. The molecule has 0 saturated carbocycles.